The summed E-state index contributed by atoms with van der Waals surface area (Å²) in [7, 11) is -3.55. The second-order valence-corrected chi connectivity index (χ2v) is 6.36. The molecule has 1 fully saturated rings. The zero-order chi connectivity index (χ0) is 14.0. The van der Waals surface area contributed by atoms with Gasteiger partial charge in [0.2, 0.25) is 10.0 Å². The van der Waals surface area contributed by atoms with Crippen LogP contribution in [-0.2, 0) is 14.8 Å². The molecule has 0 radical (unpaired) electrons. The van der Waals surface area contributed by atoms with Crippen LogP contribution in [0.4, 0.5) is 0 Å². The molecule has 8 heteroatoms. The first-order valence-electron chi connectivity index (χ1n) is 5.61. The Morgan fingerprint density at radius 2 is 2.16 bits per heavy atom. The molecule has 1 amide bonds. The van der Waals surface area contributed by atoms with Crippen molar-refractivity contribution < 1.29 is 17.9 Å². The summed E-state index contributed by atoms with van der Waals surface area (Å²) in [5, 5.41) is 0.111. The molecule has 1 saturated carbocycles. The molecule has 1 aliphatic rings. The van der Waals surface area contributed by atoms with Crippen LogP contribution >= 0.6 is 11.6 Å². The van der Waals surface area contributed by atoms with E-state index in [9.17, 15) is 13.2 Å². The van der Waals surface area contributed by atoms with Gasteiger partial charge in [-0.2, -0.15) is 0 Å². The molecule has 0 aromatic heterocycles. The second-order valence-electron chi connectivity index (χ2n) is 4.24. The lowest BCUT2D eigenvalue weighted by Crippen LogP contribution is -2.25. The monoisotopic (exact) mass is 304 g/mol. The smallest absolute Gasteiger partial charge is 0.255 e. The van der Waals surface area contributed by atoms with Crippen LogP contribution in [0.15, 0.2) is 23.1 Å². The number of carbonyl (C=O) groups excluding carboxylic acids is 1. The van der Waals surface area contributed by atoms with Crippen LogP contribution in [0.5, 0.6) is 5.75 Å². The van der Waals surface area contributed by atoms with E-state index < -0.39 is 15.9 Å². The number of primary amides is 1. The molecule has 1 aromatic carbocycles. The van der Waals surface area contributed by atoms with Gasteiger partial charge in [0.15, 0.2) is 6.61 Å². The van der Waals surface area contributed by atoms with Gasteiger partial charge in [0.1, 0.15) is 5.75 Å². The maximum Gasteiger partial charge on any atom is 0.255 e. The minimum Gasteiger partial charge on any atom is -0.482 e. The third kappa shape index (κ3) is 3.82. The molecular weight excluding hydrogens is 292 g/mol. The van der Waals surface area contributed by atoms with Gasteiger partial charge in [0.05, 0.1) is 9.92 Å². The van der Waals surface area contributed by atoms with Gasteiger partial charge in [0, 0.05) is 6.04 Å². The number of sulfonamides is 1. The summed E-state index contributed by atoms with van der Waals surface area (Å²) < 4.78 is 31.4. The van der Waals surface area contributed by atoms with Gasteiger partial charge >= 0.3 is 0 Å². The maximum absolute atomic E-state index is 11.9. The zero-order valence-electron chi connectivity index (χ0n) is 9.93. The highest BCUT2D eigenvalue weighted by molar-refractivity contribution is 7.89. The van der Waals surface area contributed by atoms with E-state index in [1.165, 1.54) is 18.2 Å². The van der Waals surface area contributed by atoms with E-state index in [2.05, 4.69) is 4.72 Å². The van der Waals surface area contributed by atoms with Crippen molar-refractivity contribution in [2.24, 2.45) is 5.73 Å². The third-order valence-electron chi connectivity index (χ3n) is 2.48. The molecule has 104 valence electrons. The fourth-order valence-electron chi connectivity index (χ4n) is 1.40. The van der Waals surface area contributed by atoms with Crippen molar-refractivity contribution >= 4 is 27.5 Å². The molecule has 3 N–H and O–H groups in total. The Labute approximate surface area is 115 Å². The molecule has 19 heavy (non-hydrogen) atoms. The maximum atomic E-state index is 11.9. The average molecular weight is 305 g/mol. The number of halogens is 1. The summed E-state index contributed by atoms with van der Waals surface area (Å²) in [6.45, 7) is -0.313. The minimum atomic E-state index is -3.55. The number of hydrogen-bond donors (Lipinski definition) is 2. The largest absolute Gasteiger partial charge is 0.482 e. The Bertz CT molecular complexity index is 599. The summed E-state index contributed by atoms with van der Waals surface area (Å²) in [5.74, 6) is -0.422. The average Bonchev–Trinajstić information content (AvgIpc) is 3.10. The summed E-state index contributed by atoms with van der Waals surface area (Å²) in [5.41, 5.74) is 4.94. The molecule has 1 aromatic rings. The standard InChI is InChI=1S/C11H13ClN2O4S/c12-9-5-8(19(16,17)14-7-1-2-7)3-4-10(9)18-6-11(13)15/h3-5,7,14H,1-2,6H2,(H2,13,15). The molecule has 0 heterocycles. The van der Waals surface area contributed by atoms with Crippen LogP contribution in [0.3, 0.4) is 0 Å². The number of nitrogens with two attached hydrogens (primary N) is 1. The highest BCUT2D eigenvalue weighted by Gasteiger charge is 2.28. The number of rotatable bonds is 6. The fraction of sp³-hybridized carbons (Fsp3) is 0.364. The van der Waals surface area contributed by atoms with Gasteiger partial charge in [-0.05, 0) is 31.0 Å². The zero-order valence-corrected chi connectivity index (χ0v) is 11.5. The van der Waals surface area contributed by atoms with E-state index in [1.54, 1.807) is 0 Å². The Hall–Kier alpha value is -1.31. The molecule has 0 bridgehead atoms. The number of amides is 1. The van der Waals surface area contributed by atoms with Gasteiger partial charge in [0.25, 0.3) is 5.91 Å². The molecule has 1 aliphatic carbocycles. The van der Waals surface area contributed by atoms with Crippen molar-refractivity contribution in [1.82, 2.24) is 4.72 Å². The number of hydrogen-bond acceptors (Lipinski definition) is 4. The Morgan fingerprint density at radius 3 is 2.68 bits per heavy atom. The number of benzene rings is 1. The van der Waals surface area contributed by atoms with Gasteiger partial charge < -0.3 is 10.5 Å². The van der Waals surface area contributed by atoms with Crippen molar-refractivity contribution in [1.29, 1.82) is 0 Å². The highest BCUT2D eigenvalue weighted by atomic mass is 35.5. The molecule has 0 atom stereocenters. The molecule has 0 aliphatic heterocycles. The minimum absolute atomic E-state index is 0.0227. The van der Waals surface area contributed by atoms with Gasteiger partial charge in [-0.3, -0.25) is 4.79 Å². The topological polar surface area (TPSA) is 98.5 Å². The first kappa shape index (κ1) is 14.1. The Kier molecular flexibility index (Phi) is 3.98. The van der Waals surface area contributed by atoms with Crippen molar-refractivity contribution in [2.75, 3.05) is 6.61 Å². The lowest BCUT2D eigenvalue weighted by Gasteiger charge is -2.09. The fourth-order valence-corrected chi connectivity index (χ4v) is 3.03. The van der Waals surface area contributed by atoms with E-state index in [0.29, 0.717) is 0 Å². The van der Waals surface area contributed by atoms with Crippen LogP contribution < -0.4 is 15.2 Å². The van der Waals surface area contributed by atoms with Crippen molar-refractivity contribution in [3.05, 3.63) is 23.2 Å². The number of nitrogens with one attached hydrogen (secondary N) is 1. The van der Waals surface area contributed by atoms with Crippen molar-refractivity contribution in [3.63, 3.8) is 0 Å². The lowest BCUT2D eigenvalue weighted by molar-refractivity contribution is -0.119. The van der Waals surface area contributed by atoms with Crippen LogP contribution in [0, 0.1) is 0 Å². The SMILES string of the molecule is NC(=O)COc1ccc(S(=O)(=O)NC2CC2)cc1Cl. The summed E-state index contributed by atoms with van der Waals surface area (Å²) in [4.78, 5) is 10.7. The van der Waals surface area contributed by atoms with E-state index in [4.69, 9.17) is 22.1 Å². The first-order valence-corrected chi connectivity index (χ1v) is 7.47. The second kappa shape index (κ2) is 5.36. The molecule has 2 rings (SSSR count). The molecule has 0 unspecified atom stereocenters. The van der Waals surface area contributed by atoms with E-state index in [1.807, 2.05) is 0 Å². The molecule has 0 spiro atoms. The molecular formula is C11H13ClN2O4S. The van der Waals surface area contributed by atoms with Crippen LogP contribution in [0.1, 0.15) is 12.8 Å². The summed E-state index contributed by atoms with van der Waals surface area (Å²) >= 11 is 5.90. The van der Waals surface area contributed by atoms with Crippen LogP contribution in [0.2, 0.25) is 5.02 Å². The van der Waals surface area contributed by atoms with Gasteiger partial charge in [-0.1, -0.05) is 11.6 Å². The van der Waals surface area contributed by atoms with Crippen molar-refractivity contribution in [2.45, 2.75) is 23.8 Å². The summed E-state index contributed by atoms with van der Waals surface area (Å²) in [6.07, 6.45) is 1.71. The lowest BCUT2D eigenvalue weighted by atomic mass is 10.3. The van der Waals surface area contributed by atoms with Gasteiger partial charge in [-0.25, -0.2) is 13.1 Å². The van der Waals surface area contributed by atoms with Crippen molar-refractivity contribution in [3.8, 4) is 5.75 Å². The molecule has 0 saturated heterocycles. The highest BCUT2D eigenvalue weighted by Crippen LogP contribution is 2.28. The predicted molar refractivity (Wildman–Crippen MR) is 69.5 cm³/mol. The summed E-state index contributed by atoms with van der Waals surface area (Å²) in [6, 6.07) is 4.07. The van der Waals surface area contributed by atoms with E-state index >= 15 is 0 Å². The van der Waals surface area contributed by atoms with Crippen LogP contribution in [-0.4, -0.2) is 27.0 Å². The Balaban J connectivity index is 2.15. The van der Waals surface area contributed by atoms with E-state index in [-0.39, 0.29) is 28.3 Å². The third-order valence-corrected chi connectivity index (χ3v) is 4.30. The van der Waals surface area contributed by atoms with Crippen LogP contribution in [0.25, 0.3) is 0 Å². The normalized spacial score (nSPS) is 15.2. The first-order chi connectivity index (χ1) is 8.88. The molecule has 6 nitrogen and oxygen atoms in total. The van der Waals surface area contributed by atoms with E-state index in [0.717, 1.165) is 12.8 Å². The number of ether oxygens (including phenoxy) is 1. The predicted octanol–water partition coefficient (Wildman–Crippen LogP) is 0.645. The van der Waals surface area contributed by atoms with Gasteiger partial charge in [-0.15, -0.1) is 0 Å². The quantitative estimate of drug-likeness (QED) is 0.806. The number of carbonyl (C=O) groups is 1. The Morgan fingerprint density at radius 1 is 1.47 bits per heavy atom.